The van der Waals surface area contributed by atoms with Crippen molar-refractivity contribution in [2.75, 3.05) is 18.4 Å². The summed E-state index contributed by atoms with van der Waals surface area (Å²) in [6.45, 7) is 2.40. The van der Waals surface area contributed by atoms with Crippen molar-refractivity contribution in [3.63, 3.8) is 0 Å². The standard InChI is InChI=1S/C10H13N3O3/c1-7(14)11-4-5-13-9-6-8(10(15)16)2-3-12-9/h2-3,6H,4-5H2,1H3,(H,11,14)(H,12,13)(H,15,16). The van der Waals surface area contributed by atoms with E-state index in [0.717, 1.165) is 0 Å². The van der Waals surface area contributed by atoms with Gasteiger partial charge >= 0.3 is 5.97 Å². The van der Waals surface area contributed by atoms with Crippen LogP contribution in [0.15, 0.2) is 18.3 Å². The Labute approximate surface area is 92.7 Å². The van der Waals surface area contributed by atoms with Crippen molar-refractivity contribution in [2.24, 2.45) is 0 Å². The Morgan fingerprint density at radius 3 is 2.81 bits per heavy atom. The molecule has 0 radical (unpaired) electrons. The second-order valence-corrected chi connectivity index (χ2v) is 3.14. The first-order valence-electron chi connectivity index (χ1n) is 4.77. The summed E-state index contributed by atoms with van der Waals surface area (Å²) in [5.74, 6) is -0.619. The molecule has 0 spiro atoms. The van der Waals surface area contributed by atoms with Crippen molar-refractivity contribution in [2.45, 2.75) is 6.92 Å². The van der Waals surface area contributed by atoms with Crippen LogP contribution in [0.5, 0.6) is 0 Å². The molecule has 0 aliphatic rings. The van der Waals surface area contributed by atoms with Gasteiger partial charge < -0.3 is 15.7 Å². The fourth-order valence-electron chi connectivity index (χ4n) is 1.09. The van der Waals surface area contributed by atoms with Gasteiger partial charge in [0.1, 0.15) is 5.82 Å². The molecule has 0 saturated heterocycles. The molecule has 1 amide bonds. The Morgan fingerprint density at radius 1 is 1.44 bits per heavy atom. The van der Waals surface area contributed by atoms with Crippen molar-refractivity contribution in [3.8, 4) is 0 Å². The number of hydrogen-bond donors (Lipinski definition) is 3. The van der Waals surface area contributed by atoms with E-state index in [-0.39, 0.29) is 11.5 Å². The predicted molar refractivity (Wildman–Crippen MR) is 58.4 cm³/mol. The number of nitrogens with zero attached hydrogens (tertiary/aromatic N) is 1. The van der Waals surface area contributed by atoms with Crippen molar-refractivity contribution >= 4 is 17.7 Å². The largest absolute Gasteiger partial charge is 0.478 e. The Hall–Kier alpha value is -2.11. The molecule has 1 aromatic rings. The number of anilines is 1. The van der Waals surface area contributed by atoms with Crippen LogP contribution < -0.4 is 10.6 Å². The molecule has 0 aromatic carbocycles. The van der Waals surface area contributed by atoms with Gasteiger partial charge in [-0.15, -0.1) is 0 Å². The third-order valence-electron chi connectivity index (χ3n) is 1.81. The fourth-order valence-corrected chi connectivity index (χ4v) is 1.09. The number of carbonyl (C=O) groups is 2. The van der Waals surface area contributed by atoms with E-state index >= 15 is 0 Å². The first-order valence-corrected chi connectivity index (χ1v) is 4.77. The summed E-state index contributed by atoms with van der Waals surface area (Å²) in [4.78, 5) is 25.2. The topological polar surface area (TPSA) is 91.3 Å². The van der Waals surface area contributed by atoms with E-state index < -0.39 is 5.97 Å². The van der Waals surface area contributed by atoms with Crippen LogP contribution in [0.4, 0.5) is 5.82 Å². The van der Waals surface area contributed by atoms with Crippen LogP contribution in [0.3, 0.4) is 0 Å². The summed E-state index contributed by atoms with van der Waals surface area (Å²) in [7, 11) is 0. The van der Waals surface area contributed by atoms with Crippen LogP contribution in [0, 0.1) is 0 Å². The SMILES string of the molecule is CC(=O)NCCNc1cc(C(=O)O)ccn1. The number of amides is 1. The van der Waals surface area contributed by atoms with Crippen molar-refractivity contribution in [1.82, 2.24) is 10.3 Å². The highest BCUT2D eigenvalue weighted by Crippen LogP contribution is 2.05. The number of rotatable bonds is 5. The summed E-state index contributed by atoms with van der Waals surface area (Å²) in [6.07, 6.45) is 1.42. The molecule has 0 unspecified atom stereocenters. The summed E-state index contributed by atoms with van der Waals surface area (Å²) >= 11 is 0. The third-order valence-corrected chi connectivity index (χ3v) is 1.81. The lowest BCUT2D eigenvalue weighted by molar-refractivity contribution is -0.118. The monoisotopic (exact) mass is 223 g/mol. The smallest absolute Gasteiger partial charge is 0.335 e. The lowest BCUT2D eigenvalue weighted by atomic mass is 10.2. The van der Waals surface area contributed by atoms with Gasteiger partial charge in [-0.3, -0.25) is 4.79 Å². The molecule has 6 heteroatoms. The Kier molecular flexibility index (Phi) is 4.26. The first-order chi connectivity index (χ1) is 7.59. The number of pyridine rings is 1. The molecular weight excluding hydrogens is 210 g/mol. The van der Waals surface area contributed by atoms with Crippen molar-refractivity contribution in [1.29, 1.82) is 0 Å². The summed E-state index contributed by atoms with van der Waals surface area (Å²) in [5, 5.41) is 14.3. The average Bonchev–Trinajstić information content (AvgIpc) is 2.24. The molecule has 1 rings (SSSR count). The Balaban J connectivity index is 2.45. The minimum absolute atomic E-state index is 0.103. The van der Waals surface area contributed by atoms with Gasteiger partial charge in [0, 0.05) is 26.2 Å². The van der Waals surface area contributed by atoms with Crippen LogP contribution in [0.1, 0.15) is 17.3 Å². The summed E-state index contributed by atoms with van der Waals surface area (Å²) < 4.78 is 0. The van der Waals surface area contributed by atoms with Crippen LogP contribution in [0.25, 0.3) is 0 Å². The molecule has 0 aliphatic heterocycles. The van der Waals surface area contributed by atoms with Gasteiger partial charge in [0.2, 0.25) is 5.91 Å². The normalized spacial score (nSPS) is 9.56. The maximum atomic E-state index is 10.7. The molecule has 86 valence electrons. The number of nitrogens with one attached hydrogen (secondary N) is 2. The van der Waals surface area contributed by atoms with Gasteiger partial charge in [0.25, 0.3) is 0 Å². The van der Waals surface area contributed by atoms with Crippen LogP contribution in [-0.4, -0.2) is 35.1 Å². The van der Waals surface area contributed by atoms with E-state index in [1.165, 1.54) is 25.3 Å². The molecule has 1 aromatic heterocycles. The third kappa shape index (κ3) is 3.95. The quantitative estimate of drug-likeness (QED) is 0.625. The second kappa shape index (κ2) is 5.69. The van der Waals surface area contributed by atoms with E-state index in [4.69, 9.17) is 5.11 Å². The number of carbonyl (C=O) groups excluding carboxylic acids is 1. The maximum absolute atomic E-state index is 10.7. The van der Waals surface area contributed by atoms with E-state index in [1.807, 2.05) is 0 Å². The van der Waals surface area contributed by atoms with Crippen molar-refractivity contribution < 1.29 is 14.7 Å². The number of aromatic carboxylic acids is 1. The van der Waals surface area contributed by atoms with Gasteiger partial charge in [0.05, 0.1) is 5.56 Å². The van der Waals surface area contributed by atoms with Gasteiger partial charge in [0.15, 0.2) is 0 Å². The predicted octanol–water partition coefficient (Wildman–Crippen LogP) is 0.328. The number of aromatic nitrogens is 1. The van der Waals surface area contributed by atoms with E-state index in [9.17, 15) is 9.59 Å². The minimum Gasteiger partial charge on any atom is -0.478 e. The Bertz CT molecular complexity index is 393. The number of carboxylic acid groups (broad SMARTS) is 1. The maximum Gasteiger partial charge on any atom is 0.335 e. The zero-order chi connectivity index (χ0) is 12.0. The van der Waals surface area contributed by atoms with Gasteiger partial charge in [-0.1, -0.05) is 0 Å². The van der Waals surface area contributed by atoms with Crippen LogP contribution in [0.2, 0.25) is 0 Å². The zero-order valence-corrected chi connectivity index (χ0v) is 8.86. The lowest BCUT2D eigenvalue weighted by Gasteiger charge is -2.06. The summed E-state index contributed by atoms with van der Waals surface area (Å²) in [6, 6.07) is 2.86. The highest BCUT2D eigenvalue weighted by molar-refractivity contribution is 5.88. The molecule has 1 heterocycles. The van der Waals surface area contributed by atoms with Gasteiger partial charge in [-0.25, -0.2) is 9.78 Å². The second-order valence-electron chi connectivity index (χ2n) is 3.14. The van der Waals surface area contributed by atoms with E-state index in [1.54, 1.807) is 0 Å². The highest BCUT2D eigenvalue weighted by atomic mass is 16.4. The molecular formula is C10H13N3O3. The molecule has 0 fully saturated rings. The molecule has 6 nitrogen and oxygen atoms in total. The van der Waals surface area contributed by atoms with Crippen molar-refractivity contribution in [3.05, 3.63) is 23.9 Å². The minimum atomic E-state index is -0.993. The van der Waals surface area contributed by atoms with Gasteiger partial charge in [-0.05, 0) is 12.1 Å². The molecule has 0 aliphatic carbocycles. The van der Waals surface area contributed by atoms with E-state index in [0.29, 0.717) is 18.9 Å². The van der Waals surface area contributed by atoms with Crippen LogP contribution in [-0.2, 0) is 4.79 Å². The molecule has 0 saturated carbocycles. The average molecular weight is 223 g/mol. The number of hydrogen-bond acceptors (Lipinski definition) is 4. The molecule has 16 heavy (non-hydrogen) atoms. The first kappa shape index (κ1) is 12.0. The fraction of sp³-hybridized carbons (Fsp3) is 0.300. The number of carboxylic acids is 1. The van der Waals surface area contributed by atoms with Crippen LogP contribution >= 0.6 is 0 Å². The molecule has 0 atom stereocenters. The zero-order valence-electron chi connectivity index (χ0n) is 8.86. The molecule has 0 bridgehead atoms. The molecule has 3 N–H and O–H groups in total. The van der Waals surface area contributed by atoms with E-state index in [2.05, 4.69) is 15.6 Å². The lowest BCUT2D eigenvalue weighted by Crippen LogP contribution is -2.26. The van der Waals surface area contributed by atoms with Gasteiger partial charge in [-0.2, -0.15) is 0 Å². The summed E-state index contributed by atoms with van der Waals surface area (Å²) in [5.41, 5.74) is 0.178. The Morgan fingerprint density at radius 2 is 2.19 bits per heavy atom. The highest BCUT2D eigenvalue weighted by Gasteiger charge is 2.03.